The molecule has 0 saturated carbocycles. The molecule has 2 N–H and O–H groups in total. The van der Waals surface area contributed by atoms with Crippen LogP contribution in [0.1, 0.15) is 42.5 Å². The molecule has 5 rings (SSSR count). The Morgan fingerprint density at radius 2 is 2.03 bits per heavy atom. The number of carbonyl (C=O) groups is 2. The van der Waals surface area contributed by atoms with Gasteiger partial charge >= 0.3 is 12.1 Å². The molecule has 0 saturated heterocycles. The zero-order valence-corrected chi connectivity index (χ0v) is 17.5. The van der Waals surface area contributed by atoms with Crippen LogP contribution in [0.15, 0.2) is 29.1 Å². The highest BCUT2D eigenvalue weighted by Gasteiger charge is 2.50. The number of esters is 1. The monoisotopic (exact) mass is 436 g/mol. The van der Waals surface area contributed by atoms with Gasteiger partial charge in [0, 0.05) is 16.5 Å². The van der Waals surface area contributed by atoms with Crippen LogP contribution in [-0.2, 0) is 39.4 Å². The first kappa shape index (κ1) is 20.0. The van der Waals surface area contributed by atoms with Crippen molar-refractivity contribution in [3.8, 4) is 17.1 Å². The number of phenols is 1. The molecule has 2 aliphatic heterocycles. The number of rotatable bonds is 3. The molecule has 1 unspecified atom stereocenters. The smallest absolute Gasteiger partial charge is 0.507 e. The number of nitrogens with zero attached hydrogens (tertiary/aromatic N) is 2. The van der Waals surface area contributed by atoms with Gasteiger partial charge in [-0.25, -0.2) is 14.6 Å². The van der Waals surface area contributed by atoms with E-state index in [1.54, 1.807) is 35.8 Å². The molecule has 9 heteroatoms. The van der Waals surface area contributed by atoms with Gasteiger partial charge in [-0.15, -0.1) is 0 Å². The summed E-state index contributed by atoms with van der Waals surface area (Å²) in [5.74, 6) is -0.708. The van der Waals surface area contributed by atoms with Gasteiger partial charge in [0.25, 0.3) is 5.56 Å². The van der Waals surface area contributed by atoms with Crippen LogP contribution in [0.3, 0.4) is 0 Å². The lowest BCUT2D eigenvalue weighted by atomic mass is 9.85. The van der Waals surface area contributed by atoms with E-state index in [-0.39, 0.29) is 42.0 Å². The highest BCUT2D eigenvalue weighted by atomic mass is 16.7. The number of pyridine rings is 2. The van der Waals surface area contributed by atoms with E-state index in [1.807, 2.05) is 6.92 Å². The van der Waals surface area contributed by atoms with Crippen LogP contribution in [0.4, 0.5) is 4.79 Å². The molecule has 0 fully saturated rings. The Morgan fingerprint density at radius 1 is 1.25 bits per heavy atom. The molecular formula is C23H20N2O7. The zero-order chi connectivity index (χ0) is 22.8. The second-order valence-corrected chi connectivity index (χ2v) is 7.91. The Bertz CT molecular complexity index is 1390. The van der Waals surface area contributed by atoms with Crippen molar-refractivity contribution >= 4 is 23.0 Å². The number of aromatic nitrogens is 2. The van der Waals surface area contributed by atoms with Crippen LogP contribution in [0.5, 0.6) is 5.75 Å². The van der Waals surface area contributed by atoms with Crippen LogP contribution in [-0.4, -0.2) is 31.9 Å². The number of cyclic esters (lactones) is 1. The quantitative estimate of drug-likeness (QED) is 0.469. The highest BCUT2D eigenvalue weighted by Crippen LogP contribution is 2.42. The van der Waals surface area contributed by atoms with Crippen molar-refractivity contribution in [2.24, 2.45) is 0 Å². The SMILES string of the molecule is CCc1c2c(nc3ccc(O)cc13)-c1cc3c(c(=O)n1C2)COC(=O)C3(CC)OC(=O)O. The van der Waals surface area contributed by atoms with Gasteiger partial charge in [0.1, 0.15) is 12.4 Å². The first-order chi connectivity index (χ1) is 15.3. The summed E-state index contributed by atoms with van der Waals surface area (Å²) in [5, 5.41) is 20.1. The summed E-state index contributed by atoms with van der Waals surface area (Å²) in [6.45, 7) is 3.63. The van der Waals surface area contributed by atoms with Crippen molar-refractivity contribution in [1.82, 2.24) is 9.55 Å². The highest BCUT2D eigenvalue weighted by molar-refractivity contribution is 5.90. The number of phenolic OH excluding ortho intramolecular Hbond substituents is 1. The number of ether oxygens (including phenoxy) is 2. The molecule has 1 aromatic carbocycles. The molecule has 0 aliphatic carbocycles. The number of carbonyl (C=O) groups excluding carboxylic acids is 1. The average molecular weight is 436 g/mol. The van der Waals surface area contributed by atoms with Crippen molar-refractivity contribution in [3.05, 3.63) is 56.9 Å². The summed E-state index contributed by atoms with van der Waals surface area (Å²) in [7, 11) is 0. The zero-order valence-electron chi connectivity index (χ0n) is 17.5. The maximum Gasteiger partial charge on any atom is 0.507 e. The molecule has 164 valence electrons. The van der Waals surface area contributed by atoms with Gasteiger partial charge in [0.05, 0.1) is 29.0 Å². The summed E-state index contributed by atoms with van der Waals surface area (Å²) in [4.78, 5) is 42.2. The van der Waals surface area contributed by atoms with E-state index >= 15 is 0 Å². The van der Waals surface area contributed by atoms with Crippen molar-refractivity contribution < 1.29 is 29.3 Å². The Labute approximate surface area is 181 Å². The topological polar surface area (TPSA) is 128 Å². The maximum atomic E-state index is 13.4. The fourth-order valence-electron chi connectivity index (χ4n) is 4.86. The van der Waals surface area contributed by atoms with E-state index in [9.17, 15) is 24.6 Å². The number of fused-ring (bicyclic) bond motifs is 5. The number of aromatic hydroxyl groups is 1. The molecular weight excluding hydrogens is 416 g/mol. The molecule has 2 aliphatic rings. The number of aryl methyl sites for hydroxylation is 1. The fourth-order valence-corrected chi connectivity index (χ4v) is 4.86. The Balaban J connectivity index is 1.82. The second-order valence-electron chi connectivity index (χ2n) is 7.91. The molecule has 4 heterocycles. The first-order valence-corrected chi connectivity index (χ1v) is 10.3. The van der Waals surface area contributed by atoms with Gasteiger partial charge < -0.3 is 24.3 Å². The largest absolute Gasteiger partial charge is 0.508 e. The van der Waals surface area contributed by atoms with Crippen LogP contribution >= 0.6 is 0 Å². The van der Waals surface area contributed by atoms with Gasteiger partial charge in [-0.05, 0) is 42.7 Å². The predicted octanol–water partition coefficient (Wildman–Crippen LogP) is 3.05. The molecule has 0 radical (unpaired) electrons. The fraction of sp³-hybridized carbons (Fsp3) is 0.304. The Hall–Kier alpha value is -3.88. The van der Waals surface area contributed by atoms with Crippen LogP contribution in [0, 0.1) is 0 Å². The maximum absolute atomic E-state index is 13.4. The summed E-state index contributed by atoms with van der Waals surface area (Å²) in [5.41, 5.74) is 1.71. The summed E-state index contributed by atoms with van der Waals surface area (Å²) in [6.07, 6.45) is -0.989. The van der Waals surface area contributed by atoms with Gasteiger partial charge in [-0.2, -0.15) is 0 Å². The molecule has 2 aromatic heterocycles. The van der Waals surface area contributed by atoms with E-state index in [1.165, 1.54) is 0 Å². The molecule has 0 bridgehead atoms. The lowest BCUT2D eigenvalue weighted by Crippen LogP contribution is -2.47. The molecule has 0 spiro atoms. The number of benzene rings is 1. The van der Waals surface area contributed by atoms with E-state index in [0.717, 1.165) is 16.5 Å². The standard InChI is InChI=1S/C23H20N2O7/c1-3-12-13-7-11(26)5-6-17(13)24-19-14(12)9-25-18(19)8-16-15(20(25)27)10-31-21(28)23(16,4-2)32-22(29)30/h5-8,26H,3-4,9-10H2,1-2H3,(H,29,30). The lowest BCUT2D eigenvalue weighted by Gasteiger charge is -2.34. The lowest BCUT2D eigenvalue weighted by molar-refractivity contribution is -0.174. The normalized spacial score (nSPS) is 18.6. The minimum atomic E-state index is -1.91. The van der Waals surface area contributed by atoms with Crippen LogP contribution < -0.4 is 5.56 Å². The van der Waals surface area contributed by atoms with Crippen molar-refractivity contribution in [1.29, 1.82) is 0 Å². The minimum absolute atomic E-state index is 0.0223. The average Bonchev–Trinajstić information content (AvgIpc) is 3.12. The van der Waals surface area contributed by atoms with Crippen molar-refractivity contribution in [2.75, 3.05) is 0 Å². The van der Waals surface area contributed by atoms with E-state index in [4.69, 9.17) is 14.5 Å². The third-order valence-electron chi connectivity index (χ3n) is 6.37. The second kappa shape index (κ2) is 6.81. The summed E-state index contributed by atoms with van der Waals surface area (Å²) < 4.78 is 11.8. The molecule has 1 atom stereocenters. The van der Waals surface area contributed by atoms with Crippen molar-refractivity contribution in [2.45, 2.75) is 45.4 Å². The van der Waals surface area contributed by atoms with Gasteiger partial charge in [-0.1, -0.05) is 13.8 Å². The van der Waals surface area contributed by atoms with E-state index < -0.39 is 17.7 Å². The molecule has 0 amide bonds. The van der Waals surface area contributed by atoms with E-state index in [2.05, 4.69) is 0 Å². The van der Waals surface area contributed by atoms with Crippen LogP contribution in [0.2, 0.25) is 0 Å². The Kier molecular flexibility index (Phi) is 4.27. The molecule has 3 aromatic rings. The van der Waals surface area contributed by atoms with Gasteiger partial charge in [0.15, 0.2) is 0 Å². The summed E-state index contributed by atoms with van der Waals surface area (Å²) >= 11 is 0. The third-order valence-corrected chi connectivity index (χ3v) is 6.37. The van der Waals surface area contributed by atoms with Gasteiger partial charge in [-0.3, -0.25) is 4.79 Å². The number of carboxylic acid groups (broad SMARTS) is 1. The van der Waals surface area contributed by atoms with Crippen LogP contribution in [0.25, 0.3) is 22.3 Å². The summed E-state index contributed by atoms with van der Waals surface area (Å²) in [6, 6.07) is 6.56. The first-order valence-electron chi connectivity index (χ1n) is 10.3. The third kappa shape index (κ3) is 2.57. The number of hydrogen-bond acceptors (Lipinski definition) is 7. The molecule has 32 heavy (non-hydrogen) atoms. The van der Waals surface area contributed by atoms with Gasteiger partial charge in [0.2, 0.25) is 5.60 Å². The predicted molar refractivity (Wildman–Crippen MR) is 112 cm³/mol. The number of hydrogen-bond donors (Lipinski definition) is 2. The molecule has 9 nitrogen and oxygen atoms in total. The Morgan fingerprint density at radius 3 is 2.72 bits per heavy atom. The minimum Gasteiger partial charge on any atom is -0.508 e. The van der Waals surface area contributed by atoms with E-state index in [0.29, 0.717) is 23.3 Å². The van der Waals surface area contributed by atoms with Crippen molar-refractivity contribution in [3.63, 3.8) is 0 Å².